The molecule has 2 rings (SSSR count). The van der Waals surface area contributed by atoms with Crippen molar-refractivity contribution < 1.29 is 0 Å². The van der Waals surface area contributed by atoms with Crippen LogP contribution < -0.4 is 0 Å². The van der Waals surface area contributed by atoms with Crippen LogP contribution in [0, 0.1) is 17.2 Å². The number of aromatic nitrogens is 2. The highest BCUT2D eigenvalue weighted by atomic mass is 15.3. The second-order valence-electron chi connectivity index (χ2n) is 6.16. The molecule has 1 aliphatic rings. The van der Waals surface area contributed by atoms with Crippen LogP contribution in [-0.4, -0.2) is 9.78 Å². The van der Waals surface area contributed by atoms with Crippen LogP contribution in [0.3, 0.4) is 0 Å². The van der Waals surface area contributed by atoms with Crippen LogP contribution in [-0.2, 0) is 0 Å². The van der Waals surface area contributed by atoms with Crippen LogP contribution in [0.25, 0.3) is 0 Å². The molecular formula is C16H25N3. The van der Waals surface area contributed by atoms with Gasteiger partial charge in [0.05, 0.1) is 24.7 Å². The van der Waals surface area contributed by atoms with Crippen LogP contribution in [0.15, 0.2) is 12.4 Å². The van der Waals surface area contributed by atoms with Crippen LogP contribution in [0.1, 0.15) is 76.3 Å². The van der Waals surface area contributed by atoms with Gasteiger partial charge in [-0.25, -0.2) is 0 Å². The van der Waals surface area contributed by atoms with Gasteiger partial charge in [0.15, 0.2) is 0 Å². The number of nitrogens with zero attached hydrogens (tertiary/aromatic N) is 3. The van der Waals surface area contributed by atoms with Gasteiger partial charge in [-0.3, -0.25) is 4.68 Å². The zero-order valence-electron chi connectivity index (χ0n) is 12.2. The number of rotatable bonds is 5. The predicted molar refractivity (Wildman–Crippen MR) is 76.8 cm³/mol. The summed E-state index contributed by atoms with van der Waals surface area (Å²) in [6, 6.07) is 2.60. The van der Waals surface area contributed by atoms with Gasteiger partial charge in [0.25, 0.3) is 0 Å². The van der Waals surface area contributed by atoms with Crippen molar-refractivity contribution in [1.82, 2.24) is 9.78 Å². The molecule has 3 heteroatoms. The van der Waals surface area contributed by atoms with Gasteiger partial charge < -0.3 is 0 Å². The van der Waals surface area contributed by atoms with Gasteiger partial charge in [0.2, 0.25) is 0 Å². The maximum absolute atomic E-state index is 9.05. The first-order valence-corrected chi connectivity index (χ1v) is 7.61. The molecule has 1 atom stereocenters. The minimum absolute atomic E-state index is 0.264. The first-order valence-electron chi connectivity index (χ1n) is 7.61. The lowest BCUT2D eigenvalue weighted by molar-refractivity contribution is 0.278. The summed E-state index contributed by atoms with van der Waals surface area (Å²) in [5.74, 6) is 1.30. The van der Waals surface area contributed by atoms with Crippen molar-refractivity contribution in [3.63, 3.8) is 0 Å². The van der Waals surface area contributed by atoms with Gasteiger partial charge in [-0.05, 0) is 23.8 Å². The van der Waals surface area contributed by atoms with Gasteiger partial charge in [0.1, 0.15) is 0 Å². The second-order valence-corrected chi connectivity index (χ2v) is 6.16. The summed E-state index contributed by atoms with van der Waals surface area (Å²) in [6.07, 6.45) is 12.6. The molecule has 3 nitrogen and oxygen atoms in total. The first kappa shape index (κ1) is 14.1. The third kappa shape index (κ3) is 3.83. The van der Waals surface area contributed by atoms with E-state index in [-0.39, 0.29) is 6.04 Å². The monoisotopic (exact) mass is 259 g/mol. The van der Waals surface area contributed by atoms with E-state index in [1.807, 2.05) is 10.9 Å². The molecule has 1 fully saturated rings. The largest absolute Gasteiger partial charge is 0.268 e. The molecule has 1 aliphatic carbocycles. The smallest absolute Gasteiger partial charge is 0.0651 e. The zero-order chi connectivity index (χ0) is 13.7. The summed E-state index contributed by atoms with van der Waals surface area (Å²) in [6.45, 7) is 4.36. The van der Waals surface area contributed by atoms with E-state index in [1.54, 1.807) is 0 Å². The average molecular weight is 259 g/mol. The topological polar surface area (TPSA) is 41.6 Å². The molecule has 0 saturated heterocycles. The Morgan fingerprint density at radius 3 is 2.68 bits per heavy atom. The fraction of sp³-hybridized carbons (Fsp3) is 0.750. The normalized spacial score (nSPS) is 18.4. The summed E-state index contributed by atoms with van der Waals surface area (Å²) in [5.41, 5.74) is 1.27. The van der Waals surface area contributed by atoms with E-state index >= 15 is 0 Å². The molecule has 0 aliphatic heterocycles. The molecule has 1 unspecified atom stereocenters. The van der Waals surface area contributed by atoms with Crippen LogP contribution in [0.5, 0.6) is 0 Å². The highest BCUT2D eigenvalue weighted by Gasteiger charge is 2.21. The number of hydrogen-bond donors (Lipinski definition) is 0. The first-order chi connectivity index (χ1) is 9.20. The lowest BCUT2D eigenvalue weighted by atomic mass is 9.84. The average Bonchev–Trinajstić information content (AvgIpc) is 2.89. The van der Waals surface area contributed by atoms with E-state index in [4.69, 9.17) is 5.26 Å². The van der Waals surface area contributed by atoms with Crippen molar-refractivity contribution in [2.75, 3.05) is 0 Å². The maximum Gasteiger partial charge on any atom is 0.0651 e. The molecule has 1 saturated carbocycles. The minimum atomic E-state index is 0.264. The Kier molecular flexibility index (Phi) is 5.01. The molecule has 1 aromatic rings. The van der Waals surface area contributed by atoms with Crippen molar-refractivity contribution in [3.05, 3.63) is 18.0 Å². The van der Waals surface area contributed by atoms with Crippen molar-refractivity contribution in [1.29, 1.82) is 5.26 Å². The molecule has 0 bridgehead atoms. The Morgan fingerprint density at radius 2 is 2.11 bits per heavy atom. The lowest BCUT2D eigenvalue weighted by Gasteiger charge is -2.25. The van der Waals surface area contributed by atoms with E-state index in [2.05, 4.69) is 31.2 Å². The Bertz CT molecular complexity index is 421. The summed E-state index contributed by atoms with van der Waals surface area (Å²) in [5, 5.41) is 13.5. The molecule has 0 amide bonds. The fourth-order valence-corrected chi connectivity index (χ4v) is 3.05. The number of hydrogen-bond acceptors (Lipinski definition) is 2. The Balaban J connectivity index is 2.03. The maximum atomic E-state index is 9.05. The molecule has 1 heterocycles. The molecule has 104 valence electrons. The highest BCUT2D eigenvalue weighted by molar-refractivity contribution is 5.09. The van der Waals surface area contributed by atoms with Crippen molar-refractivity contribution in [2.24, 2.45) is 5.92 Å². The van der Waals surface area contributed by atoms with Crippen LogP contribution in [0.4, 0.5) is 0 Å². The summed E-state index contributed by atoms with van der Waals surface area (Å²) in [4.78, 5) is 0. The quantitative estimate of drug-likeness (QED) is 0.784. The van der Waals surface area contributed by atoms with E-state index in [9.17, 15) is 0 Å². The highest BCUT2D eigenvalue weighted by Crippen LogP contribution is 2.32. The van der Waals surface area contributed by atoms with Gasteiger partial charge >= 0.3 is 0 Å². The van der Waals surface area contributed by atoms with E-state index in [1.165, 1.54) is 37.7 Å². The molecule has 0 aromatic carbocycles. The summed E-state index contributed by atoms with van der Waals surface area (Å²) in [7, 11) is 0. The van der Waals surface area contributed by atoms with Crippen LogP contribution >= 0.6 is 0 Å². The Labute approximate surface area is 116 Å². The SMILES string of the molecule is CC(C)c1cnn(C(CC#N)CC2CCCCC2)c1. The van der Waals surface area contributed by atoms with Gasteiger partial charge in [-0.1, -0.05) is 46.0 Å². The third-order valence-corrected chi connectivity index (χ3v) is 4.32. The summed E-state index contributed by atoms with van der Waals surface area (Å²) < 4.78 is 2.03. The van der Waals surface area contributed by atoms with Gasteiger partial charge in [-0.15, -0.1) is 0 Å². The van der Waals surface area contributed by atoms with Gasteiger partial charge in [0, 0.05) is 6.20 Å². The lowest BCUT2D eigenvalue weighted by Crippen LogP contribution is -2.16. The third-order valence-electron chi connectivity index (χ3n) is 4.32. The molecule has 0 N–H and O–H groups in total. The minimum Gasteiger partial charge on any atom is -0.268 e. The van der Waals surface area contributed by atoms with Crippen molar-refractivity contribution in [2.45, 2.75) is 70.8 Å². The van der Waals surface area contributed by atoms with Crippen molar-refractivity contribution >= 4 is 0 Å². The van der Waals surface area contributed by atoms with E-state index < -0.39 is 0 Å². The molecule has 0 radical (unpaired) electrons. The van der Waals surface area contributed by atoms with E-state index in [0.717, 1.165) is 12.3 Å². The van der Waals surface area contributed by atoms with Gasteiger partial charge in [-0.2, -0.15) is 10.4 Å². The molecule has 1 aromatic heterocycles. The Hall–Kier alpha value is -1.30. The molecular weight excluding hydrogens is 234 g/mol. The molecule has 19 heavy (non-hydrogen) atoms. The molecule has 0 spiro atoms. The van der Waals surface area contributed by atoms with E-state index in [0.29, 0.717) is 12.3 Å². The number of nitriles is 1. The standard InChI is InChI=1S/C16H25N3/c1-13(2)15-11-18-19(12-15)16(8-9-17)10-14-6-4-3-5-7-14/h11-14,16H,3-8,10H2,1-2H3. The fourth-order valence-electron chi connectivity index (χ4n) is 3.05. The zero-order valence-corrected chi connectivity index (χ0v) is 12.2. The summed E-state index contributed by atoms with van der Waals surface area (Å²) >= 11 is 0. The van der Waals surface area contributed by atoms with Crippen molar-refractivity contribution in [3.8, 4) is 6.07 Å². The second kappa shape index (κ2) is 6.75. The Morgan fingerprint density at radius 1 is 1.37 bits per heavy atom. The van der Waals surface area contributed by atoms with Crippen LogP contribution in [0.2, 0.25) is 0 Å². The predicted octanol–water partition coefficient (Wildman–Crippen LogP) is 4.43.